The summed E-state index contributed by atoms with van der Waals surface area (Å²) in [4.78, 5) is 32.5. The third-order valence-electron chi connectivity index (χ3n) is 6.62. The lowest BCUT2D eigenvalue weighted by Gasteiger charge is -2.44. The number of ether oxygens (including phenoxy) is 1. The lowest BCUT2D eigenvalue weighted by molar-refractivity contribution is -0.139. The molecule has 0 N–H and O–H groups in total. The highest BCUT2D eigenvalue weighted by atomic mass is 19.1. The second-order valence-corrected chi connectivity index (χ2v) is 8.76. The van der Waals surface area contributed by atoms with E-state index in [1.807, 2.05) is 11.9 Å². The number of piperazine rings is 1. The van der Waals surface area contributed by atoms with Crippen LogP contribution in [-0.2, 0) is 9.53 Å². The SMILES string of the molecule is C[C@@H]1CCC[C@@]2(C1)OC[C@@H](C(=O)N1CCN(C)CC1)N2C(=O)c1ccccc1F. The zero-order chi connectivity index (χ0) is 20.6. The van der Waals surface area contributed by atoms with Crippen LogP contribution in [-0.4, -0.2) is 78.1 Å². The van der Waals surface area contributed by atoms with Crippen LogP contribution in [0.3, 0.4) is 0 Å². The van der Waals surface area contributed by atoms with Crippen molar-refractivity contribution in [1.29, 1.82) is 0 Å². The fourth-order valence-corrected chi connectivity index (χ4v) is 5.00. The van der Waals surface area contributed by atoms with E-state index in [1.165, 1.54) is 12.1 Å². The van der Waals surface area contributed by atoms with Crippen molar-refractivity contribution in [3.63, 3.8) is 0 Å². The summed E-state index contributed by atoms with van der Waals surface area (Å²) in [5.74, 6) is -0.702. The molecule has 0 unspecified atom stereocenters. The van der Waals surface area contributed by atoms with Crippen molar-refractivity contribution in [2.45, 2.75) is 44.4 Å². The third kappa shape index (κ3) is 3.78. The molecule has 1 saturated carbocycles. The van der Waals surface area contributed by atoms with Crippen LogP contribution in [0.15, 0.2) is 24.3 Å². The van der Waals surface area contributed by atoms with Gasteiger partial charge in [0, 0.05) is 26.2 Å². The summed E-state index contributed by atoms with van der Waals surface area (Å²) in [5, 5.41) is 0. The van der Waals surface area contributed by atoms with E-state index >= 15 is 0 Å². The summed E-state index contributed by atoms with van der Waals surface area (Å²) in [6, 6.07) is 5.31. The van der Waals surface area contributed by atoms with E-state index in [4.69, 9.17) is 4.74 Å². The first kappa shape index (κ1) is 20.3. The molecule has 3 aliphatic rings. The molecule has 1 aromatic carbocycles. The Bertz CT molecular complexity index is 780. The van der Waals surface area contributed by atoms with E-state index in [9.17, 15) is 14.0 Å². The Kier molecular flexibility index (Phi) is 5.62. The van der Waals surface area contributed by atoms with Gasteiger partial charge in [0.2, 0.25) is 5.91 Å². The van der Waals surface area contributed by atoms with E-state index in [0.717, 1.165) is 25.9 Å². The van der Waals surface area contributed by atoms with Gasteiger partial charge in [0.05, 0.1) is 12.2 Å². The molecule has 3 fully saturated rings. The second kappa shape index (κ2) is 8.03. The van der Waals surface area contributed by atoms with Gasteiger partial charge in [-0.15, -0.1) is 0 Å². The van der Waals surface area contributed by atoms with Gasteiger partial charge < -0.3 is 14.5 Å². The highest BCUT2D eigenvalue weighted by Crippen LogP contribution is 2.43. The maximum absolute atomic E-state index is 14.5. The number of carbonyl (C=O) groups excluding carboxylic acids is 2. The zero-order valence-corrected chi connectivity index (χ0v) is 17.3. The van der Waals surface area contributed by atoms with Gasteiger partial charge in [-0.1, -0.05) is 25.5 Å². The molecule has 29 heavy (non-hydrogen) atoms. The lowest BCUT2D eigenvalue weighted by Crippen LogP contribution is -2.59. The minimum absolute atomic E-state index is 0.00628. The zero-order valence-electron chi connectivity index (χ0n) is 17.3. The average Bonchev–Trinajstić information content (AvgIpc) is 3.05. The van der Waals surface area contributed by atoms with E-state index in [2.05, 4.69) is 11.8 Å². The number of benzene rings is 1. The van der Waals surface area contributed by atoms with Gasteiger partial charge in [0.1, 0.15) is 17.6 Å². The van der Waals surface area contributed by atoms with Crippen LogP contribution in [0.4, 0.5) is 4.39 Å². The average molecular weight is 403 g/mol. The maximum Gasteiger partial charge on any atom is 0.259 e. The Morgan fingerprint density at radius 1 is 1.17 bits per heavy atom. The van der Waals surface area contributed by atoms with Crippen LogP contribution in [0.2, 0.25) is 0 Å². The van der Waals surface area contributed by atoms with E-state index < -0.39 is 23.5 Å². The molecule has 3 atom stereocenters. The van der Waals surface area contributed by atoms with Crippen molar-refractivity contribution in [2.24, 2.45) is 5.92 Å². The summed E-state index contributed by atoms with van der Waals surface area (Å²) in [5.41, 5.74) is -0.809. The molecule has 1 spiro atoms. The molecular formula is C22H30FN3O3. The predicted octanol–water partition coefficient (Wildman–Crippen LogP) is 2.35. The normalized spacial score (nSPS) is 30.7. The van der Waals surface area contributed by atoms with Crippen molar-refractivity contribution in [3.8, 4) is 0 Å². The molecule has 2 saturated heterocycles. The number of likely N-dealkylation sites (N-methyl/N-ethyl adjacent to an activating group) is 1. The molecule has 0 radical (unpaired) electrons. The molecule has 2 amide bonds. The van der Waals surface area contributed by atoms with E-state index in [-0.39, 0.29) is 18.1 Å². The van der Waals surface area contributed by atoms with Gasteiger partial charge >= 0.3 is 0 Å². The van der Waals surface area contributed by atoms with Gasteiger partial charge in [-0.3, -0.25) is 14.5 Å². The quantitative estimate of drug-likeness (QED) is 0.761. The molecule has 158 valence electrons. The molecule has 1 aliphatic carbocycles. The molecule has 0 aromatic heterocycles. The van der Waals surface area contributed by atoms with Crippen LogP contribution in [0.1, 0.15) is 43.0 Å². The Balaban J connectivity index is 1.66. The van der Waals surface area contributed by atoms with Gasteiger partial charge in [-0.2, -0.15) is 0 Å². The smallest absolute Gasteiger partial charge is 0.259 e. The Labute approximate surface area is 171 Å². The Hall–Kier alpha value is -1.99. The van der Waals surface area contributed by atoms with Gasteiger partial charge in [0.15, 0.2) is 0 Å². The maximum atomic E-state index is 14.5. The van der Waals surface area contributed by atoms with E-state index in [1.54, 1.807) is 17.0 Å². The summed E-state index contributed by atoms with van der Waals surface area (Å²) >= 11 is 0. The minimum Gasteiger partial charge on any atom is -0.353 e. The van der Waals surface area contributed by atoms with Crippen LogP contribution < -0.4 is 0 Å². The van der Waals surface area contributed by atoms with Crippen molar-refractivity contribution >= 4 is 11.8 Å². The number of hydrogen-bond donors (Lipinski definition) is 0. The standard InChI is InChI=1S/C22H30FN3O3/c1-16-6-5-9-22(14-16)26(20(27)17-7-3-4-8-18(17)23)19(15-29-22)21(28)25-12-10-24(2)11-13-25/h3-4,7-8,16,19H,5-6,9-15H2,1-2H3/t16-,19+,22+/m1/s1. The first-order valence-corrected chi connectivity index (χ1v) is 10.6. The molecule has 1 aromatic rings. The molecule has 0 bridgehead atoms. The van der Waals surface area contributed by atoms with Gasteiger partial charge in [-0.05, 0) is 44.4 Å². The minimum atomic E-state index is -0.816. The molecule has 2 heterocycles. The number of amides is 2. The van der Waals surface area contributed by atoms with Crippen LogP contribution in [0, 0.1) is 11.7 Å². The summed E-state index contributed by atoms with van der Waals surface area (Å²) < 4.78 is 20.7. The molecule has 7 heteroatoms. The van der Waals surface area contributed by atoms with Crippen LogP contribution in [0.25, 0.3) is 0 Å². The van der Waals surface area contributed by atoms with Crippen LogP contribution in [0.5, 0.6) is 0 Å². The number of halogens is 1. The lowest BCUT2D eigenvalue weighted by atomic mass is 9.83. The van der Waals surface area contributed by atoms with Crippen molar-refractivity contribution in [1.82, 2.24) is 14.7 Å². The number of nitrogens with zero attached hydrogens (tertiary/aromatic N) is 3. The highest BCUT2D eigenvalue weighted by Gasteiger charge is 2.55. The van der Waals surface area contributed by atoms with Crippen LogP contribution >= 0.6 is 0 Å². The molecule has 2 aliphatic heterocycles. The van der Waals surface area contributed by atoms with Gasteiger partial charge in [0.25, 0.3) is 5.91 Å². The highest BCUT2D eigenvalue weighted by molar-refractivity contribution is 5.98. The summed E-state index contributed by atoms with van der Waals surface area (Å²) in [6.07, 6.45) is 3.37. The predicted molar refractivity (Wildman–Crippen MR) is 107 cm³/mol. The van der Waals surface area contributed by atoms with Crippen molar-refractivity contribution < 1.29 is 18.7 Å². The summed E-state index contributed by atoms with van der Waals surface area (Å²) in [7, 11) is 2.03. The topological polar surface area (TPSA) is 53.1 Å². The molecule has 6 nitrogen and oxygen atoms in total. The fraction of sp³-hybridized carbons (Fsp3) is 0.636. The number of hydrogen-bond acceptors (Lipinski definition) is 4. The van der Waals surface area contributed by atoms with Crippen molar-refractivity contribution in [3.05, 3.63) is 35.6 Å². The summed E-state index contributed by atoms with van der Waals surface area (Å²) in [6.45, 7) is 5.21. The number of carbonyl (C=O) groups is 2. The first-order chi connectivity index (χ1) is 13.9. The molecule has 4 rings (SSSR count). The van der Waals surface area contributed by atoms with Crippen molar-refractivity contribution in [2.75, 3.05) is 39.8 Å². The monoisotopic (exact) mass is 403 g/mol. The Morgan fingerprint density at radius 2 is 1.90 bits per heavy atom. The molecular weight excluding hydrogens is 373 g/mol. The third-order valence-corrected chi connectivity index (χ3v) is 6.62. The first-order valence-electron chi connectivity index (χ1n) is 10.6. The Morgan fingerprint density at radius 3 is 2.59 bits per heavy atom. The van der Waals surface area contributed by atoms with Gasteiger partial charge in [-0.25, -0.2) is 4.39 Å². The fourth-order valence-electron chi connectivity index (χ4n) is 5.00. The number of rotatable bonds is 2. The second-order valence-electron chi connectivity index (χ2n) is 8.76. The van der Waals surface area contributed by atoms with E-state index in [0.29, 0.717) is 31.8 Å². The largest absolute Gasteiger partial charge is 0.353 e.